The fourth-order valence-corrected chi connectivity index (χ4v) is 3.35. The predicted molar refractivity (Wildman–Crippen MR) is 97.5 cm³/mol. The number of halogens is 1. The van der Waals surface area contributed by atoms with Gasteiger partial charge in [-0.1, -0.05) is 26.2 Å². The minimum Gasteiger partial charge on any atom is -0.336 e. The first-order chi connectivity index (χ1) is 12.0. The van der Waals surface area contributed by atoms with E-state index in [1.807, 2.05) is 14.0 Å². The molecule has 3 N–H and O–H groups in total. The lowest BCUT2D eigenvalue weighted by atomic mass is 9.82. The lowest BCUT2D eigenvalue weighted by Gasteiger charge is -2.37. The van der Waals surface area contributed by atoms with Crippen LogP contribution in [0.25, 0.3) is 0 Å². The number of anilines is 1. The van der Waals surface area contributed by atoms with Crippen LogP contribution >= 0.6 is 0 Å². The molecule has 1 saturated carbocycles. The van der Waals surface area contributed by atoms with Crippen LogP contribution in [-0.2, 0) is 0 Å². The van der Waals surface area contributed by atoms with Crippen LogP contribution in [0.2, 0.25) is 0 Å². The molecule has 2 rings (SSSR count). The molecule has 0 unspecified atom stereocenters. The highest BCUT2D eigenvalue weighted by Crippen LogP contribution is 2.27. The summed E-state index contributed by atoms with van der Waals surface area (Å²) in [5, 5.41) is 8.93. The Morgan fingerprint density at radius 2 is 1.92 bits per heavy atom. The normalized spacial score (nSPS) is 16.3. The summed E-state index contributed by atoms with van der Waals surface area (Å²) in [7, 11) is 1.93. The molecule has 1 aromatic rings. The molecule has 138 valence electrons. The van der Waals surface area contributed by atoms with Crippen LogP contribution in [0.15, 0.2) is 18.2 Å². The van der Waals surface area contributed by atoms with E-state index in [-0.39, 0.29) is 29.3 Å². The highest BCUT2D eigenvalue weighted by atomic mass is 19.1. The van der Waals surface area contributed by atoms with Gasteiger partial charge in [0.1, 0.15) is 5.82 Å². The first kappa shape index (κ1) is 19.4. The second-order valence-electron chi connectivity index (χ2n) is 6.77. The van der Waals surface area contributed by atoms with Gasteiger partial charge in [-0.2, -0.15) is 0 Å². The molecule has 0 atom stereocenters. The van der Waals surface area contributed by atoms with Crippen LogP contribution in [-0.4, -0.2) is 30.9 Å². The smallest absolute Gasteiger partial charge is 0.319 e. The average molecular weight is 349 g/mol. The van der Waals surface area contributed by atoms with E-state index in [1.54, 1.807) is 0 Å². The van der Waals surface area contributed by atoms with Gasteiger partial charge in [0, 0.05) is 24.2 Å². The van der Waals surface area contributed by atoms with E-state index in [1.165, 1.54) is 24.6 Å². The Kier molecular flexibility index (Phi) is 6.93. The van der Waals surface area contributed by atoms with E-state index >= 15 is 0 Å². The Morgan fingerprint density at radius 1 is 1.20 bits per heavy atom. The SMILES string of the molecule is CCCC(=O)c1cc(NC(=O)NCC2(NC)CCCCC2)ccc1F. The predicted octanol–water partition coefficient (Wildman–Crippen LogP) is 3.85. The number of amides is 2. The second-order valence-corrected chi connectivity index (χ2v) is 6.77. The Balaban J connectivity index is 1.96. The number of likely N-dealkylation sites (N-methyl/N-ethyl adjacent to an activating group) is 1. The molecule has 0 heterocycles. The number of urea groups is 1. The van der Waals surface area contributed by atoms with E-state index in [4.69, 9.17) is 0 Å². The summed E-state index contributed by atoms with van der Waals surface area (Å²) in [6.45, 7) is 2.41. The zero-order chi connectivity index (χ0) is 18.3. The fourth-order valence-electron chi connectivity index (χ4n) is 3.35. The van der Waals surface area contributed by atoms with Crippen molar-refractivity contribution in [1.29, 1.82) is 0 Å². The minimum absolute atomic E-state index is 0.0265. The van der Waals surface area contributed by atoms with Gasteiger partial charge in [0.2, 0.25) is 0 Å². The summed E-state index contributed by atoms with van der Waals surface area (Å²) in [6, 6.07) is 3.74. The number of Topliss-reactive ketones (excluding diaryl/α,β-unsaturated/α-hetero) is 1. The highest BCUT2D eigenvalue weighted by molar-refractivity contribution is 5.98. The topological polar surface area (TPSA) is 70.2 Å². The number of ketones is 1. The van der Waals surface area contributed by atoms with Crippen molar-refractivity contribution in [3.8, 4) is 0 Å². The second kappa shape index (κ2) is 8.94. The van der Waals surface area contributed by atoms with Gasteiger partial charge in [-0.05, 0) is 44.5 Å². The molecule has 0 bridgehead atoms. The third-order valence-electron chi connectivity index (χ3n) is 4.93. The van der Waals surface area contributed by atoms with Gasteiger partial charge in [-0.25, -0.2) is 9.18 Å². The molecule has 1 aliphatic rings. The van der Waals surface area contributed by atoms with Crippen molar-refractivity contribution in [2.45, 2.75) is 57.4 Å². The maximum Gasteiger partial charge on any atom is 0.319 e. The molecule has 2 amide bonds. The van der Waals surface area contributed by atoms with Crippen LogP contribution in [0.5, 0.6) is 0 Å². The number of hydrogen-bond donors (Lipinski definition) is 3. The molecule has 6 heteroatoms. The standard InChI is InChI=1S/C19H28FN3O2/c1-3-7-17(24)15-12-14(8-9-16(15)20)23-18(25)22-13-19(21-2)10-5-4-6-11-19/h8-9,12,21H,3-7,10-11,13H2,1-2H3,(H2,22,23,25). The minimum atomic E-state index is -0.555. The van der Waals surface area contributed by atoms with Crippen molar-refractivity contribution >= 4 is 17.5 Å². The maximum atomic E-state index is 13.8. The third kappa shape index (κ3) is 5.26. The number of nitrogens with one attached hydrogen (secondary N) is 3. The number of rotatable bonds is 7. The van der Waals surface area contributed by atoms with Crippen molar-refractivity contribution < 1.29 is 14.0 Å². The molecule has 0 spiro atoms. The molecule has 0 aliphatic heterocycles. The van der Waals surface area contributed by atoms with Gasteiger partial charge in [0.05, 0.1) is 5.56 Å². The van der Waals surface area contributed by atoms with Gasteiger partial charge >= 0.3 is 6.03 Å². The third-order valence-corrected chi connectivity index (χ3v) is 4.93. The quantitative estimate of drug-likeness (QED) is 0.655. The van der Waals surface area contributed by atoms with Gasteiger partial charge in [0.15, 0.2) is 5.78 Å². The van der Waals surface area contributed by atoms with Crippen molar-refractivity contribution in [3.63, 3.8) is 0 Å². The van der Waals surface area contributed by atoms with Crippen LogP contribution < -0.4 is 16.0 Å². The summed E-state index contributed by atoms with van der Waals surface area (Å²) < 4.78 is 13.8. The molecular formula is C19H28FN3O2. The monoisotopic (exact) mass is 349 g/mol. The Labute approximate surface area is 148 Å². The molecule has 1 aliphatic carbocycles. The summed E-state index contributed by atoms with van der Waals surface area (Å²) in [5.41, 5.74) is 0.389. The van der Waals surface area contributed by atoms with Crippen molar-refractivity contribution in [2.24, 2.45) is 0 Å². The Morgan fingerprint density at radius 3 is 2.56 bits per heavy atom. The summed E-state index contributed by atoms with van der Waals surface area (Å²) >= 11 is 0. The van der Waals surface area contributed by atoms with E-state index in [9.17, 15) is 14.0 Å². The Bertz CT molecular complexity index is 613. The van der Waals surface area contributed by atoms with Gasteiger partial charge in [-0.15, -0.1) is 0 Å². The van der Waals surface area contributed by atoms with Crippen molar-refractivity contribution in [2.75, 3.05) is 18.9 Å². The molecule has 0 radical (unpaired) electrons. The number of benzene rings is 1. The van der Waals surface area contributed by atoms with Gasteiger partial charge in [0.25, 0.3) is 0 Å². The molecular weight excluding hydrogens is 321 g/mol. The summed E-state index contributed by atoms with van der Waals surface area (Å²) in [5.74, 6) is -0.804. The van der Waals surface area contributed by atoms with Crippen LogP contribution in [0.1, 0.15) is 62.2 Å². The molecule has 5 nitrogen and oxygen atoms in total. The van der Waals surface area contributed by atoms with E-state index in [0.29, 0.717) is 18.7 Å². The lowest BCUT2D eigenvalue weighted by Crippen LogP contribution is -2.53. The molecule has 0 saturated heterocycles. The first-order valence-electron chi connectivity index (χ1n) is 9.06. The fraction of sp³-hybridized carbons (Fsp3) is 0.579. The molecule has 0 aromatic heterocycles. The largest absolute Gasteiger partial charge is 0.336 e. The van der Waals surface area contributed by atoms with E-state index in [2.05, 4.69) is 16.0 Å². The molecule has 25 heavy (non-hydrogen) atoms. The van der Waals surface area contributed by atoms with Crippen LogP contribution in [0, 0.1) is 5.82 Å². The van der Waals surface area contributed by atoms with Crippen molar-refractivity contribution in [3.05, 3.63) is 29.6 Å². The van der Waals surface area contributed by atoms with Gasteiger partial charge < -0.3 is 16.0 Å². The number of hydrogen-bond acceptors (Lipinski definition) is 3. The molecule has 1 fully saturated rings. The van der Waals surface area contributed by atoms with Crippen molar-refractivity contribution in [1.82, 2.24) is 10.6 Å². The average Bonchev–Trinajstić information content (AvgIpc) is 2.62. The highest BCUT2D eigenvalue weighted by Gasteiger charge is 2.30. The number of carbonyl (C=O) groups is 2. The van der Waals surface area contributed by atoms with E-state index in [0.717, 1.165) is 25.7 Å². The Hall–Kier alpha value is -1.95. The first-order valence-corrected chi connectivity index (χ1v) is 9.06. The summed E-state index contributed by atoms with van der Waals surface area (Å²) in [4.78, 5) is 24.1. The summed E-state index contributed by atoms with van der Waals surface area (Å²) in [6.07, 6.45) is 6.57. The van der Waals surface area contributed by atoms with Crippen LogP contribution in [0.4, 0.5) is 14.9 Å². The molecule has 1 aromatic carbocycles. The maximum absolute atomic E-state index is 13.8. The lowest BCUT2D eigenvalue weighted by molar-refractivity contribution is 0.0978. The zero-order valence-electron chi connectivity index (χ0n) is 15.1. The number of carbonyl (C=O) groups excluding carboxylic acids is 2. The zero-order valence-corrected chi connectivity index (χ0v) is 15.1. The van der Waals surface area contributed by atoms with Gasteiger partial charge in [-0.3, -0.25) is 4.79 Å². The van der Waals surface area contributed by atoms with E-state index < -0.39 is 5.82 Å². The van der Waals surface area contributed by atoms with Crippen LogP contribution in [0.3, 0.4) is 0 Å².